The van der Waals surface area contributed by atoms with Gasteiger partial charge in [0.15, 0.2) is 0 Å². The first-order valence-corrected chi connectivity index (χ1v) is 5.23. The van der Waals surface area contributed by atoms with Crippen molar-refractivity contribution in [3.63, 3.8) is 0 Å². The van der Waals surface area contributed by atoms with Gasteiger partial charge in [-0.3, -0.25) is 0 Å². The second-order valence-corrected chi connectivity index (χ2v) is 3.43. The van der Waals surface area contributed by atoms with E-state index in [0.717, 1.165) is 6.42 Å². The van der Waals surface area contributed by atoms with E-state index in [1.807, 2.05) is 0 Å². The van der Waals surface area contributed by atoms with Crippen molar-refractivity contribution in [1.82, 2.24) is 0 Å². The smallest absolute Gasteiger partial charge is 0.0298 e. The first-order valence-electron chi connectivity index (χ1n) is 4.00. The molecule has 4 heteroatoms. The van der Waals surface area contributed by atoms with Crippen LogP contribution in [0.15, 0.2) is 34.3 Å². The van der Waals surface area contributed by atoms with Crippen molar-refractivity contribution in [2.24, 2.45) is 5.11 Å². The predicted octanol–water partition coefficient (Wildman–Crippen LogP) is 3.26. The fraction of sp³-hybridized carbons (Fsp3) is 0.333. The lowest BCUT2D eigenvalue weighted by Gasteiger charge is -1.99. The van der Waals surface area contributed by atoms with Gasteiger partial charge < -0.3 is 0 Å². The standard InChI is InChI=1S/C9H11N3S/c1-13-9-4-2-8(3-5-9)6-7-11-12-10/h2-5H,6-7H2,1H3. The summed E-state index contributed by atoms with van der Waals surface area (Å²) in [7, 11) is 0. The van der Waals surface area contributed by atoms with Gasteiger partial charge in [0, 0.05) is 16.4 Å². The molecule has 68 valence electrons. The molecule has 0 aromatic heterocycles. The summed E-state index contributed by atoms with van der Waals surface area (Å²) in [6, 6.07) is 8.30. The second-order valence-electron chi connectivity index (χ2n) is 2.55. The Morgan fingerprint density at radius 1 is 1.38 bits per heavy atom. The van der Waals surface area contributed by atoms with Crippen LogP contribution in [0.4, 0.5) is 0 Å². The zero-order chi connectivity index (χ0) is 9.52. The summed E-state index contributed by atoms with van der Waals surface area (Å²) in [5.74, 6) is 0. The highest BCUT2D eigenvalue weighted by Crippen LogP contribution is 2.14. The van der Waals surface area contributed by atoms with E-state index >= 15 is 0 Å². The fourth-order valence-electron chi connectivity index (χ4n) is 1.02. The lowest BCUT2D eigenvalue weighted by Crippen LogP contribution is -1.87. The molecule has 3 nitrogen and oxygen atoms in total. The Kier molecular flexibility index (Phi) is 4.23. The van der Waals surface area contributed by atoms with Gasteiger partial charge in [-0.1, -0.05) is 17.2 Å². The summed E-state index contributed by atoms with van der Waals surface area (Å²) in [4.78, 5) is 3.96. The zero-order valence-electron chi connectivity index (χ0n) is 7.47. The van der Waals surface area contributed by atoms with Gasteiger partial charge in [-0.2, -0.15) is 0 Å². The number of rotatable bonds is 4. The molecular formula is C9H11N3S. The second kappa shape index (κ2) is 5.51. The summed E-state index contributed by atoms with van der Waals surface area (Å²) < 4.78 is 0. The Labute approximate surface area is 81.8 Å². The minimum atomic E-state index is 0.537. The minimum absolute atomic E-state index is 0.537. The van der Waals surface area contributed by atoms with Crippen LogP contribution in [0.1, 0.15) is 5.56 Å². The molecular weight excluding hydrogens is 182 g/mol. The molecule has 0 aliphatic heterocycles. The van der Waals surface area contributed by atoms with Crippen molar-refractivity contribution in [2.75, 3.05) is 12.8 Å². The van der Waals surface area contributed by atoms with Crippen LogP contribution in [0.25, 0.3) is 10.4 Å². The van der Waals surface area contributed by atoms with Gasteiger partial charge in [0.05, 0.1) is 0 Å². The molecule has 0 saturated carbocycles. The van der Waals surface area contributed by atoms with E-state index in [4.69, 9.17) is 5.53 Å². The topological polar surface area (TPSA) is 48.8 Å². The van der Waals surface area contributed by atoms with Crippen LogP contribution in [0.3, 0.4) is 0 Å². The lowest BCUT2D eigenvalue weighted by atomic mass is 10.2. The number of thioether (sulfide) groups is 1. The van der Waals surface area contributed by atoms with Crippen molar-refractivity contribution in [3.8, 4) is 0 Å². The van der Waals surface area contributed by atoms with Crippen LogP contribution in [0.2, 0.25) is 0 Å². The van der Waals surface area contributed by atoms with Crippen LogP contribution in [-0.4, -0.2) is 12.8 Å². The van der Waals surface area contributed by atoms with Gasteiger partial charge in [-0.15, -0.1) is 11.8 Å². The molecule has 0 N–H and O–H groups in total. The Balaban J connectivity index is 2.53. The maximum Gasteiger partial charge on any atom is 0.0298 e. The maximum atomic E-state index is 8.08. The van der Waals surface area contributed by atoms with Crippen LogP contribution >= 0.6 is 11.8 Å². The maximum absolute atomic E-state index is 8.08. The highest BCUT2D eigenvalue weighted by Gasteiger charge is 1.92. The van der Waals surface area contributed by atoms with Crippen molar-refractivity contribution in [2.45, 2.75) is 11.3 Å². The highest BCUT2D eigenvalue weighted by molar-refractivity contribution is 7.98. The van der Waals surface area contributed by atoms with Crippen LogP contribution in [0, 0.1) is 0 Å². The Bertz CT molecular complexity index is 301. The average molecular weight is 193 g/mol. The van der Waals surface area contributed by atoms with Gasteiger partial charge in [-0.05, 0) is 35.9 Å². The van der Waals surface area contributed by atoms with E-state index in [0.29, 0.717) is 6.54 Å². The molecule has 1 rings (SSSR count). The van der Waals surface area contributed by atoms with Gasteiger partial charge in [0.25, 0.3) is 0 Å². The molecule has 0 fully saturated rings. The molecule has 13 heavy (non-hydrogen) atoms. The molecule has 0 heterocycles. The first-order chi connectivity index (χ1) is 6.36. The summed E-state index contributed by atoms with van der Waals surface area (Å²) in [6.07, 6.45) is 2.87. The van der Waals surface area contributed by atoms with Crippen molar-refractivity contribution in [3.05, 3.63) is 40.3 Å². The molecule has 0 saturated heterocycles. The fourth-order valence-corrected chi connectivity index (χ4v) is 1.42. The lowest BCUT2D eigenvalue weighted by molar-refractivity contribution is 0.954. The largest absolute Gasteiger partial charge is 0.130 e. The number of azide groups is 1. The highest BCUT2D eigenvalue weighted by atomic mass is 32.2. The third-order valence-electron chi connectivity index (χ3n) is 1.72. The number of benzene rings is 1. The molecule has 0 unspecified atom stereocenters. The summed E-state index contributed by atoms with van der Waals surface area (Å²) in [5, 5.41) is 3.49. The van der Waals surface area contributed by atoms with Crippen molar-refractivity contribution >= 4 is 11.8 Å². The van der Waals surface area contributed by atoms with E-state index in [1.165, 1.54) is 10.5 Å². The normalized spacial score (nSPS) is 9.31. The quantitative estimate of drug-likeness (QED) is 0.313. The summed E-state index contributed by atoms with van der Waals surface area (Å²) in [6.45, 7) is 0.537. The molecule has 0 atom stereocenters. The number of nitrogens with zero attached hydrogens (tertiary/aromatic N) is 3. The van der Waals surface area contributed by atoms with E-state index in [2.05, 4.69) is 40.5 Å². The summed E-state index contributed by atoms with van der Waals surface area (Å²) >= 11 is 1.72. The van der Waals surface area contributed by atoms with E-state index in [1.54, 1.807) is 11.8 Å². The van der Waals surface area contributed by atoms with Crippen LogP contribution < -0.4 is 0 Å². The third kappa shape index (κ3) is 3.40. The van der Waals surface area contributed by atoms with Gasteiger partial charge in [0.1, 0.15) is 0 Å². The Morgan fingerprint density at radius 2 is 2.08 bits per heavy atom. The van der Waals surface area contributed by atoms with E-state index < -0.39 is 0 Å². The minimum Gasteiger partial charge on any atom is -0.130 e. The van der Waals surface area contributed by atoms with E-state index in [9.17, 15) is 0 Å². The molecule has 0 aliphatic rings. The monoisotopic (exact) mass is 193 g/mol. The van der Waals surface area contributed by atoms with Crippen LogP contribution in [-0.2, 0) is 6.42 Å². The number of hydrogen-bond donors (Lipinski definition) is 0. The number of hydrogen-bond acceptors (Lipinski definition) is 2. The predicted molar refractivity (Wildman–Crippen MR) is 55.9 cm³/mol. The average Bonchev–Trinajstić information content (AvgIpc) is 2.19. The van der Waals surface area contributed by atoms with Crippen LogP contribution in [0.5, 0.6) is 0 Å². The summed E-state index contributed by atoms with van der Waals surface area (Å²) in [5.41, 5.74) is 9.29. The third-order valence-corrected chi connectivity index (χ3v) is 2.47. The molecule has 0 radical (unpaired) electrons. The van der Waals surface area contributed by atoms with Gasteiger partial charge in [-0.25, -0.2) is 0 Å². The SMILES string of the molecule is CSc1ccc(CCN=[N+]=[N-])cc1. The molecule has 0 bridgehead atoms. The van der Waals surface area contributed by atoms with Gasteiger partial charge >= 0.3 is 0 Å². The molecule has 0 aliphatic carbocycles. The zero-order valence-corrected chi connectivity index (χ0v) is 8.29. The molecule has 0 spiro atoms. The Morgan fingerprint density at radius 3 is 2.62 bits per heavy atom. The van der Waals surface area contributed by atoms with E-state index in [-0.39, 0.29) is 0 Å². The molecule has 0 amide bonds. The molecule has 1 aromatic carbocycles. The van der Waals surface area contributed by atoms with Crippen molar-refractivity contribution < 1.29 is 0 Å². The Hall–Kier alpha value is -1.12. The first kappa shape index (κ1) is 9.96. The van der Waals surface area contributed by atoms with Gasteiger partial charge in [0.2, 0.25) is 0 Å². The van der Waals surface area contributed by atoms with Crippen molar-refractivity contribution in [1.29, 1.82) is 0 Å². The molecule has 1 aromatic rings.